The van der Waals surface area contributed by atoms with Crippen molar-refractivity contribution in [2.75, 3.05) is 13.1 Å². The molecule has 0 saturated carbocycles. The van der Waals surface area contributed by atoms with Gasteiger partial charge in [-0.1, -0.05) is 30.0 Å². The van der Waals surface area contributed by atoms with Crippen molar-refractivity contribution in [1.82, 2.24) is 4.90 Å². The zero-order valence-electron chi connectivity index (χ0n) is 13.1. The lowest BCUT2D eigenvalue weighted by atomic mass is 10.1. The highest BCUT2D eigenvalue weighted by Gasteiger charge is 2.33. The van der Waals surface area contributed by atoms with Crippen molar-refractivity contribution in [2.45, 2.75) is 45.3 Å². The molecule has 0 unspecified atom stereocenters. The lowest BCUT2D eigenvalue weighted by molar-refractivity contribution is -0.160. The second kappa shape index (κ2) is 6.78. The molecule has 1 fully saturated rings. The van der Waals surface area contributed by atoms with E-state index in [-0.39, 0.29) is 12.0 Å². The van der Waals surface area contributed by atoms with Crippen LogP contribution in [0.2, 0.25) is 0 Å². The number of hydrogen-bond acceptors (Lipinski definition) is 3. The van der Waals surface area contributed by atoms with Crippen LogP contribution in [0.25, 0.3) is 0 Å². The first-order chi connectivity index (χ1) is 9.96. The van der Waals surface area contributed by atoms with E-state index in [1.807, 2.05) is 51.1 Å². The molecule has 0 spiro atoms. The lowest BCUT2D eigenvalue weighted by Crippen LogP contribution is -2.40. The Morgan fingerprint density at radius 3 is 2.71 bits per heavy atom. The third-order valence-corrected chi connectivity index (χ3v) is 3.33. The van der Waals surface area contributed by atoms with Crippen LogP contribution < -0.4 is 0 Å². The highest BCUT2D eigenvalue weighted by atomic mass is 16.6. The van der Waals surface area contributed by atoms with Crippen molar-refractivity contribution >= 4 is 5.97 Å². The lowest BCUT2D eigenvalue weighted by Gasteiger charge is -2.26. The molecule has 1 saturated heterocycles. The molecule has 0 amide bonds. The van der Waals surface area contributed by atoms with Gasteiger partial charge in [-0.15, -0.1) is 0 Å². The van der Waals surface area contributed by atoms with Crippen LogP contribution in [0, 0.1) is 11.8 Å². The van der Waals surface area contributed by atoms with Gasteiger partial charge in [0, 0.05) is 12.1 Å². The summed E-state index contributed by atoms with van der Waals surface area (Å²) in [5.41, 5.74) is 0.576. The van der Waals surface area contributed by atoms with Crippen LogP contribution >= 0.6 is 0 Å². The molecule has 1 aromatic carbocycles. The SMILES string of the molecule is CC(C)(C)OC(=O)[C@@H]1CCCN1CC#Cc1ccccc1. The highest BCUT2D eigenvalue weighted by Crippen LogP contribution is 2.20. The van der Waals surface area contributed by atoms with Crippen molar-refractivity contribution < 1.29 is 9.53 Å². The molecule has 1 heterocycles. The minimum atomic E-state index is -0.430. The monoisotopic (exact) mass is 285 g/mol. The van der Waals surface area contributed by atoms with Gasteiger partial charge in [-0.3, -0.25) is 9.69 Å². The summed E-state index contributed by atoms with van der Waals surface area (Å²) in [6.45, 7) is 7.23. The Kier molecular flexibility index (Phi) is 5.03. The molecule has 2 rings (SSSR count). The number of rotatable bonds is 2. The van der Waals surface area contributed by atoms with Crippen LogP contribution in [-0.4, -0.2) is 35.6 Å². The quantitative estimate of drug-likeness (QED) is 0.618. The maximum Gasteiger partial charge on any atom is 0.323 e. The van der Waals surface area contributed by atoms with Crippen molar-refractivity contribution in [3.05, 3.63) is 35.9 Å². The molecular formula is C18H23NO2. The molecule has 112 valence electrons. The third-order valence-electron chi connectivity index (χ3n) is 3.33. The van der Waals surface area contributed by atoms with E-state index >= 15 is 0 Å². The van der Waals surface area contributed by atoms with Gasteiger partial charge >= 0.3 is 5.97 Å². The van der Waals surface area contributed by atoms with E-state index in [9.17, 15) is 4.79 Å². The average molecular weight is 285 g/mol. The highest BCUT2D eigenvalue weighted by molar-refractivity contribution is 5.76. The minimum absolute atomic E-state index is 0.124. The van der Waals surface area contributed by atoms with Crippen molar-refractivity contribution in [2.24, 2.45) is 0 Å². The standard InChI is InChI=1S/C18H23NO2/c1-18(2,3)21-17(20)16-12-8-14-19(16)13-7-11-15-9-5-4-6-10-15/h4-6,9-10,16H,8,12-14H2,1-3H3/t16-/m0/s1. The Labute approximate surface area is 127 Å². The fourth-order valence-electron chi connectivity index (χ4n) is 2.42. The van der Waals surface area contributed by atoms with Crippen molar-refractivity contribution in [3.8, 4) is 11.8 Å². The molecule has 1 aliphatic rings. The summed E-state index contributed by atoms with van der Waals surface area (Å²) in [6.07, 6.45) is 1.89. The second-order valence-electron chi connectivity index (χ2n) is 6.33. The van der Waals surface area contributed by atoms with Gasteiger partial charge in [0.25, 0.3) is 0 Å². The average Bonchev–Trinajstić information content (AvgIpc) is 2.86. The van der Waals surface area contributed by atoms with E-state index in [4.69, 9.17) is 4.74 Å². The van der Waals surface area contributed by atoms with Gasteiger partial charge in [0.1, 0.15) is 11.6 Å². The number of likely N-dealkylation sites (tertiary alicyclic amines) is 1. The first-order valence-corrected chi connectivity index (χ1v) is 7.46. The number of nitrogens with zero attached hydrogens (tertiary/aromatic N) is 1. The summed E-state index contributed by atoms with van der Waals surface area (Å²) in [7, 11) is 0. The Morgan fingerprint density at radius 2 is 2.05 bits per heavy atom. The van der Waals surface area contributed by atoms with Crippen molar-refractivity contribution in [3.63, 3.8) is 0 Å². The Balaban J connectivity index is 1.94. The van der Waals surface area contributed by atoms with Crippen LogP contribution in [-0.2, 0) is 9.53 Å². The smallest absolute Gasteiger partial charge is 0.323 e. The third kappa shape index (κ3) is 4.91. The van der Waals surface area contributed by atoms with Crippen LogP contribution in [0.1, 0.15) is 39.2 Å². The maximum absolute atomic E-state index is 12.2. The normalized spacial score (nSPS) is 18.9. The predicted octanol–water partition coefficient (Wildman–Crippen LogP) is 2.84. The summed E-state index contributed by atoms with van der Waals surface area (Å²) < 4.78 is 5.49. The summed E-state index contributed by atoms with van der Waals surface area (Å²) >= 11 is 0. The minimum Gasteiger partial charge on any atom is -0.459 e. The van der Waals surface area contributed by atoms with Gasteiger partial charge in [-0.25, -0.2) is 0 Å². The fourth-order valence-corrected chi connectivity index (χ4v) is 2.42. The number of benzene rings is 1. The summed E-state index contributed by atoms with van der Waals surface area (Å²) in [5.74, 6) is 6.17. The van der Waals surface area contributed by atoms with E-state index in [1.165, 1.54) is 0 Å². The zero-order chi connectivity index (χ0) is 15.3. The van der Waals surface area contributed by atoms with E-state index in [0.29, 0.717) is 6.54 Å². The molecule has 0 N–H and O–H groups in total. The molecule has 3 nitrogen and oxygen atoms in total. The first-order valence-electron chi connectivity index (χ1n) is 7.46. The molecule has 1 atom stereocenters. The number of ether oxygens (including phenoxy) is 1. The van der Waals surface area contributed by atoms with Gasteiger partial charge in [0.2, 0.25) is 0 Å². The van der Waals surface area contributed by atoms with Crippen LogP contribution in [0.3, 0.4) is 0 Å². The number of carbonyl (C=O) groups is 1. The number of carbonyl (C=O) groups excluding carboxylic acids is 1. The van der Waals surface area contributed by atoms with E-state index < -0.39 is 5.60 Å². The van der Waals surface area contributed by atoms with E-state index in [0.717, 1.165) is 24.9 Å². The first kappa shape index (κ1) is 15.6. The van der Waals surface area contributed by atoms with Gasteiger partial charge in [-0.05, 0) is 45.7 Å². The van der Waals surface area contributed by atoms with E-state index in [1.54, 1.807) is 0 Å². The number of esters is 1. The second-order valence-corrected chi connectivity index (χ2v) is 6.33. The molecule has 0 aliphatic carbocycles. The predicted molar refractivity (Wildman–Crippen MR) is 83.8 cm³/mol. The Bertz CT molecular complexity index is 534. The molecule has 1 aliphatic heterocycles. The molecule has 0 radical (unpaired) electrons. The molecule has 0 aromatic heterocycles. The summed E-state index contributed by atoms with van der Waals surface area (Å²) in [6, 6.07) is 9.76. The Hall–Kier alpha value is -1.79. The molecular weight excluding hydrogens is 262 g/mol. The van der Waals surface area contributed by atoms with Gasteiger partial charge < -0.3 is 4.74 Å². The van der Waals surface area contributed by atoms with E-state index in [2.05, 4.69) is 16.7 Å². The topological polar surface area (TPSA) is 29.5 Å². The maximum atomic E-state index is 12.2. The van der Waals surface area contributed by atoms with Crippen LogP contribution in [0.5, 0.6) is 0 Å². The summed E-state index contributed by atoms with van der Waals surface area (Å²) in [5, 5.41) is 0. The van der Waals surface area contributed by atoms with Gasteiger partial charge in [-0.2, -0.15) is 0 Å². The molecule has 1 aromatic rings. The molecule has 0 bridgehead atoms. The Morgan fingerprint density at radius 1 is 1.33 bits per heavy atom. The van der Waals surface area contributed by atoms with Gasteiger partial charge in [0.15, 0.2) is 0 Å². The summed E-state index contributed by atoms with van der Waals surface area (Å²) in [4.78, 5) is 14.3. The largest absolute Gasteiger partial charge is 0.459 e. The van der Waals surface area contributed by atoms with Gasteiger partial charge in [0.05, 0.1) is 6.54 Å². The molecule has 3 heteroatoms. The molecule has 21 heavy (non-hydrogen) atoms. The van der Waals surface area contributed by atoms with Crippen molar-refractivity contribution in [1.29, 1.82) is 0 Å². The number of hydrogen-bond donors (Lipinski definition) is 0. The van der Waals surface area contributed by atoms with Crippen LogP contribution in [0.15, 0.2) is 30.3 Å². The zero-order valence-corrected chi connectivity index (χ0v) is 13.1. The fraction of sp³-hybridized carbons (Fsp3) is 0.500. The van der Waals surface area contributed by atoms with Crippen LogP contribution in [0.4, 0.5) is 0 Å².